The molecule has 0 radical (unpaired) electrons. The summed E-state index contributed by atoms with van der Waals surface area (Å²) in [6.45, 7) is 1.69. The quantitative estimate of drug-likeness (QED) is 0.621. The lowest BCUT2D eigenvalue weighted by atomic mass is 10.1. The van der Waals surface area contributed by atoms with Crippen LogP contribution in [0.15, 0.2) is 78.9 Å². The Hall–Kier alpha value is -2.32. The lowest BCUT2D eigenvalue weighted by Gasteiger charge is -2.23. The highest BCUT2D eigenvalue weighted by Crippen LogP contribution is 2.44. The summed E-state index contributed by atoms with van der Waals surface area (Å²) in [4.78, 5) is 0. The molecule has 0 unspecified atom stereocenters. The number of hydrogen-bond acceptors (Lipinski definition) is 1. The Morgan fingerprint density at radius 3 is 1.68 bits per heavy atom. The van der Waals surface area contributed by atoms with Crippen molar-refractivity contribution in [3.8, 4) is 0 Å². The molecule has 1 nitrogen and oxygen atoms in total. The predicted molar refractivity (Wildman–Crippen MR) is 95.6 cm³/mol. The molecule has 0 atom stereocenters. The van der Waals surface area contributed by atoms with Crippen LogP contribution in [0.2, 0.25) is 0 Å². The molecule has 0 bridgehead atoms. The second kappa shape index (κ2) is 6.53. The van der Waals surface area contributed by atoms with E-state index in [1.165, 1.54) is 6.07 Å². The third kappa shape index (κ3) is 3.27. The topological polar surface area (TPSA) is 17.1 Å². The molecule has 5 heteroatoms. The average molecular weight is 360 g/mol. The van der Waals surface area contributed by atoms with E-state index in [1.54, 1.807) is 67.6 Å². The molecule has 3 aromatic rings. The first-order valence-corrected chi connectivity index (χ1v) is 9.44. The second-order valence-electron chi connectivity index (χ2n) is 5.78. The molecular weight excluding hydrogens is 344 g/mol. The summed E-state index contributed by atoms with van der Waals surface area (Å²) in [5.74, 6) is 0. The predicted octanol–water partition coefficient (Wildman–Crippen LogP) is 4.65. The Bertz CT molecular complexity index is 875. The Balaban J connectivity index is 2.33. The van der Waals surface area contributed by atoms with Crippen LogP contribution in [0, 0.1) is 6.92 Å². The van der Waals surface area contributed by atoms with Crippen molar-refractivity contribution in [2.45, 2.75) is 13.1 Å². The van der Waals surface area contributed by atoms with Gasteiger partial charge < -0.3 is 4.57 Å². The zero-order chi connectivity index (χ0) is 18.1. The highest BCUT2D eigenvalue weighted by atomic mass is 31.2. The molecule has 0 spiro atoms. The molecule has 128 valence electrons. The van der Waals surface area contributed by atoms with Gasteiger partial charge in [-0.05, 0) is 24.6 Å². The summed E-state index contributed by atoms with van der Waals surface area (Å²) in [6.07, 6.45) is -4.49. The first-order chi connectivity index (χ1) is 11.8. The largest absolute Gasteiger partial charge is 0.416 e. The fourth-order valence-corrected chi connectivity index (χ4v) is 5.76. The van der Waals surface area contributed by atoms with Gasteiger partial charge in [0.2, 0.25) is 0 Å². The molecule has 0 amide bonds. The maximum absolute atomic E-state index is 14.2. The summed E-state index contributed by atoms with van der Waals surface area (Å²) in [5, 5.41) is 1.26. The molecule has 0 fully saturated rings. The summed E-state index contributed by atoms with van der Waals surface area (Å²) >= 11 is 0. The lowest BCUT2D eigenvalue weighted by molar-refractivity contribution is -0.137. The van der Waals surface area contributed by atoms with Gasteiger partial charge in [-0.15, -0.1) is 0 Å². The van der Waals surface area contributed by atoms with Gasteiger partial charge in [-0.25, -0.2) is 0 Å². The monoisotopic (exact) mass is 360 g/mol. The van der Waals surface area contributed by atoms with Gasteiger partial charge in [0.05, 0.1) is 5.56 Å². The van der Waals surface area contributed by atoms with Crippen molar-refractivity contribution in [2.24, 2.45) is 0 Å². The van der Waals surface area contributed by atoms with Crippen molar-refractivity contribution >= 4 is 23.1 Å². The molecule has 0 saturated carbocycles. The molecular formula is C20H16F3OP. The zero-order valence-corrected chi connectivity index (χ0v) is 14.4. The van der Waals surface area contributed by atoms with E-state index >= 15 is 0 Å². The van der Waals surface area contributed by atoms with Gasteiger partial charge in [0, 0.05) is 15.9 Å². The third-order valence-electron chi connectivity index (χ3n) is 4.12. The van der Waals surface area contributed by atoms with Crippen LogP contribution in [0.1, 0.15) is 11.1 Å². The molecule has 0 heterocycles. The molecule has 0 aliphatic carbocycles. The van der Waals surface area contributed by atoms with Gasteiger partial charge in [0.25, 0.3) is 0 Å². The van der Waals surface area contributed by atoms with Gasteiger partial charge in [-0.3, -0.25) is 0 Å². The van der Waals surface area contributed by atoms with Crippen molar-refractivity contribution in [2.75, 3.05) is 0 Å². The van der Waals surface area contributed by atoms with Crippen molar-refractivity contribution in [1.29, 1.82) is 0 Å². The Morgan fingerprint density at radius 2 is 1.24 bits per heavy atom. The van der Waals surface area contributed by atoms with Gasteiger partial charge in [-0.1, -0.05) is 66.7 Å². The van der Waals surface area contributed by atoms with E-state index < -0.39 is 18.9 Å². The highest BCUT2D eigenvalue weighted by Gasteiger charge is 2.36. The fraction of sp³-hybridized carbons (Fsp3) is 0.100. The van der Waals surface area contributed by atoms with Crippen LogP contribution >= 0.6 is 7.14 Å². The Kier molecular flexibility index (Phi) is 4.57. The molecule has 0 N–H and O–H groups in total. The van der Waals surface area contributed by atoms with E-state index in [9.17, 15) is 17.7 Å². The van der Waals surface area contributed by atoms with Crippen molar-refractivity contribution < 1.29 is 17.7 Å². The molecule has 0 aliphatic rings. The van der Waals surface area contributed by atoms with E-state index in [4.69, 9.17) is 0 Å². The van der Waals surface area contributed by atoms with Crippen LogP contribution in [0.4, 0.5) is 13.2 Å². The van der Waals surface area contributed by atoms with Crippen LogP contribution in [0.3, 0.4) is 0 Å². The number of aryl methyl sites for hydroxylation is 1. The first kappa shape index (κ1) is 17.5. The number of rotatable bonds is 3. The van der Waals surface area contributed by atoms with E-state index in [0.29, 0.717) is 16.2 Å². The third-order valence-corrected chi connectivity index (χ3v) is 7.33. The molecule has 25 heavy (non-hydrogen) atoms. The smallest absolute Gasteiger partial charge is 0.309 e. The molecule has 3 aromatic carbocycles. The molecule has 3 rings (SSSR count). The van der Waals surface area contributed by atoms with E-state index in [0.717, 1.165) is 12.1 Å². The van der Waals surface area contributed by atoms with Gasteiger partial charge in [0.1, 0.15) is 0 Å². The van der Waals surface area contributed by atoms with Gasteiger partial charge in [0.15, 0.2) is 7.14 Å². The van der Waals surface area contributed by atoms with Gasteiger partial charge in [-0.2, -0.15) is 13.2 Å². The second-order valence-corrected chi connectivity index (χ2v) is 8.51. The summed E-state index contributed by atoms with van der Waals surface area (Å²) in [7, 11) is -3.41. The molecule has 0 saturated heterocycles. The molecule has 0 aromatic heterocycles. The van der Waals surface area contributed by atoms with Crippen molar-refractivity contribution in [1.82, 2.24) is 0 Å². The minimum atomic E-state index is -4.49. The van der Waals surface area contributed by atoms with Crippen LogP contribution < -0.4 is 15.9 Å². The van der Waals surface area contributed by atoms with Crippen LogP contribution in [-0.4, -0.2) is 0 Å². The normalized spacial score (nSPS) is 12.2. The minimum absolute atomic E-state index is 0.222. The Morgan fingerprint density at radius 1 is 0.760 bits per heavy atom. The van der Waals surface area contributed by atoms with E-state index in [-0.39, 0.29) is 5.30 Å². The zero-order valence-electron chi connectivity index (χ0n) is 13.5. The summed E-state index contributed by atoms with van der Waals surface area (Å²) in [6, 6.07) is 20.8. The highest BCUT2D eigenvalue weighted by molar-refractivity contribution is 7.85. The number of hydrogen-bond donors (Lipinski definition) is 0. The Labute approximate surface area is 144 Å². The number of alkyl halides is 3. The molecule has 0 aliphatic heterocycles. The number of benzene rings is 3. The van der Waals surface area contributed by atoms with Crippen LogP contribution in [-0.2, 0) is 10.7 Å². The standard InChI is InChI=1S/C20H16F3OP/c1-15-12-13-16(20(21,22)23)14-19(15)25(24,17-8-4-2-5-9-17)18-10-6-3-7-11-18/h2-14H,1H3. The maximum Gasteiger partial charge on any atom is 0.416 e. The fourth-order valence-electron chi connectivity index (χ4n) is 2.83. The number of halogens is 3. The lowest BCUT2D eigenvalue weighted by Crippen LogP contribution is -2.27. The van der Waals surface area contributed by atoms with E-state index in [2.05, 4.69) is 0 Å². The SMILES string of the molecule is Cc1ccc(C(F)(F)F)cc1P(=O)(c1ccccc1)c1ccccc1. The first-order valence-electron chi connectivity index (χ1n) is 7.73. The summed E-state index contributed by atoms with van der Waals surface area (Å²) in [5.41, 5.74) is -0.218. The van der Waals surface area contributed by atoms with Gasteiger partial charge >= 0.3 is 6.18 Å². The van der Waals surface area contributed by atoms with Crippen LogP contribution in [0.25, 0.3) is 0 Å². The average Bonchev–Trinajstić information content (AvgIpc) is 2.62. The summed E-state index contributed by atoms with van der Waals surface area (Å²) < 4.78 is 53.8. The van der Waals surface area contributed by atoms with Crippen molar-refractivity contribution in [3.63, 3.8) is 0 Å². The van der Waals surface area contributed by atoms with E-state index in [1.807, 2.05) is 0 Å². The van der Waals surface area contributed by atoms with Crippen molar-refractivity contribution in [3.05, 3.63) is 90.0 Å². The maximum atomic E-state index is 14.2. The van der Waals surface area contributed by atoms with Crippen LogP contribution in [0.5, 0.6) is 0 Å². The minimum Gasteiger partial charge on any atom is -0.309 e.